The van der Waals surface area contributed by atoms with Gasteiger partial charge in [-0.25, -0.2) is 0 Å². The average Bonchev–Trinajstić information content (AvgIpc) is 2.74. The maximum atomic E-state index is 11.9. The highest BCUT2D eigenvalue weighted by Gasteiger charge is 2.20. The lowest BCUT2D eigenvalue weighted by Crippen LogP contribution is -2.12. The summed E-state index contributed by atoms with van der Waals surface area (Å²) in [6.07, 6.45) is 2.63. The van der Waals surface area contributed by atoms with Gasteiger partial charge in [-0.3, -0.25) is 4.79 Å². The first-order valence-corrected chi connectivity index (χ1v) is 5.95. The van der Waals surface area contributed by atoms with Gasteiger partial charge in [0, 0.05) is 23.6 Å². The summed E-state index contributed by atoms with van der Waals surface area (Å²) < 4.78 is 5.45. The molecule has 2 rings (SSSR count). The Hall–Kier alpha value is -0.860. The van der Waals surface area contributed by atoms with Crippen LogP contribution >= 0.6 is 11.6 Å². The standard InChI is InChI=1S/C13H15ClO2/c1-9-4-5-10(7-12(9)14)13(15)8-11-3-2-6-16-11/h4-5,7,11H,2-3,6,8H2,1H3. The molecule has 2 nitrogen and oxygen atoms in total. The summed E-state index contributed by atoms with van der Waals surface area (Å²) in [6.45, 7) is 2.71. The van der Waals surface area contributed by atoms with Gasteiger partial charge in [0.05, 0.1) is 6.10 Å². The van der Waals surface area contributed by atoms with Crippen molar-refractivity contribution in [1.29, 1.82) is 0 Å². The minimum atomic E-state index is 0.104. The van der Waals surface area contributed by atoms with E-state index in [1.54, 1.807) is 6.07 Å². The van der Waals surface area contributed by atoms with Gasteiger partial charge >= 0.3 is 0 Å². The zero-order valence-electron chi connectivity index (χ0n) is 9.33. The van der Waals surface area contributed by atoms with Crippen molar-refractivity contribution in [3.8, 4) is 0 Å². The van der Waals surface area contributed by atoms with Gasteiger partial charge in [0.25, 0.3) is 0 Å². The quantitative estimate of drug-likeness (QED) is 0.755. The molecular weight excluding hydrogens is 224 g/mol. The second-order valence-electron chi connectivity index (χ2n) is 4.23. The van der Waals surface area contributed by atoms with Crippen molar-refractivity contribution < 1.29 is 9.53 Å². The fourth-order valence-corrected chi connectivity index (χ4v) is 2.08. The number of aryl methyl sites for hydroxylation is 1. The van der Waals surface area contributed by atoms with Crippen LogP contribution in [0.25, 0.3) is 0 Å². The summed E-state index contributed by atoms with van der Waals surface area (Å²) in [5.74, 6) is 0.119. The van der Waals surface area contributed by atoms with Crippen LogP contribution in [0.1, 0.15) is 35.2 Å². The van der Waals surface area contributed by atoms with Crippen LogP contribution < -0.4 is 0 Å². The van der Waals surface area contributed by atoms with Crippen LogP contribution in [0.5, 0.6) is 0 Å². The molecule has 1 aliphatic heterocycles. The number of halogens is 1. The average molecular weight is 239 g/mol. The third kappa shape index (κ3) is 2.63. The molecule has 3 heteroatoms. The molecule has 1 aromatic rings. The van der Waals surface area contributed by atoms with E-state index in [9.17, 15) is 4.79 Å². The molecule has 1 unspecified atom stereocenters. The monoisotopic (exact) mass is 238 g/mol. The van der Waals surface area contributed by atoms with E-state index in [-0.39, 0.29) is 11.9 Å². The fraction of sp³-hybridized carbons (Fsp3) is 0.462. The van der Waals surface area contributed by atoms with Crippen molar-refractivity contribution in [3.05, 3.63) is 34.3 Å². The molecule has 0 aliphatic carbocycles. The summed E-state index contributed by atoms with van der Waals surface area (Å²) >= 11 is 5.99. The maximum Gasteiger partial charge on any atom is 0.165 e. The van der Waals surface area contributed by atoms with Crippen molar-refractivity contribution in [2.45, 2.75) is 32.3 Å². The summed E-state index contributed by atoms with van der Waals surface area (Å²) in [5.41, 5.74) is 1.68. The fourth-order valence-electron chi connectivity index (χ4n) is 1.90. The van der Waals surface area contributed by atoms with Crippen molar-refractivity contribution in [1.82, 2.24) is 0 Å². The first-order chi connectivity index (χ1) is 7.66. The number of Topliss-reactive ketones (excluding diaryl/α,β-unsaturated/α-hetero) is 1. The first-order valence-electron chi connectivity index (χ1n) is 5.58. The van der Waals surface area contributed by atoms with Gasteiger partial charge in [0.15, 0.2) is 5.78 Å². The Labute approximate surface area is 101 Å². The topological polar surface area (TPSA) is 26.3 Å². The molecule has 1 fully saturated rings. The lowest BCUT2D eigenvalue weighted by Gasteiger charge is -2.08. The third-order valence-corrected chi connectivity index (χ3v) is 3.34. The normalized spacial score (nSPS) is 20.0. The molecule has 1 aromatic carbocycles. The minimum Gasteiger partial charge on any atom is -0.378 e. The van der Waals surface area contributed by atoms with Gasteiger partial charge in [-0.2, -0.15) is 0 Å². The van der Waals surface area contributed by atoms with E-state index in [0.717, 1.165) is 25.0 Å². The van der Waals surface area contributed by atoms with Gasteiger partial charge in [-0.1, -0.05) is 23.7 Å². The van der Waals surface area contributed by atoms with Crippen LogP contribution in [-0.2, 0) is 4.74 Å². The van der Waals surface area contributed by atoms with E-state index >= 15 is 0 Å². The van der Waals surface area contributed by atoms with Crippen molar-refractivity contribution >= 4 is 17.4 Å². The molecule has 1 saturated heterocycles. The Kier molecular flexibility index (Phi) is 3.62. The zero-order valence-corrected chi connectivity index (χ0v) is 10.1. The Morgan fingerprint density at radius 3 is 3.00 bits per heavy atom. The van der Waals surface area contributed by atoms with Crippen LogP contribution in [-0.4, -0.2) is 18.5 Å². The van der Waals surface area contributed by atoms with Crippen molar-refractivity contribution in [3.63, 3.8) is 0 Å². The van der Waals surface area contributed by atoms with Crippen LogP contribution in [0.4, 0.5) is 0 Å². The number of ether oxygens (including phenoxy) is 1. The van der Waals surface area contributed by atoms with E-state index in [0.29, 0.717) is 17.0 Å². The van der Waals surface area contributed by atoms with Crippen LogP contribution in [0.3, 0.4) is 0 Å². The number of rotatable bonds is 3. The van der Waals surface area contributed by atoms with Gasteiger partial charge in [0.1, 0.15) is 0 Å². The number of hydrogen-bond donors (Lipinski definition) is 0. The van der Waals surface area contributed by atoms with Gasteiger partial charge in [0.2, 0.25) is 0 Å². The molecule has 0 N–H and O–H groups in total. The minimum absolute atomic E-state index is 0.104. The molecule has 1 heterocycles. The van der Waals surface area contributed by atoms with E-state index in [1.807, 2.05) is 19.1 Å². The number of benzene rings is 1. The van der Waals surface area contributed by atoms with Crippen LogP contribution in [0.15, 0.2) is 18.2 Å². The number of carbonyl (C=O) groups excluding carboxylic acids is 1. The Morgan fingerprint density at radius 1 is 1.56 bits per heavy atom. The molecular formula is C13H15ClO2. The number of ketones is 1. The van der Waals surface area contributed by atoms with E-state index in [2.05, 4.69) is 0 Å². The molecule has 0 amide bonds. The lowest BCUT2D eigenvalue weighted by molar-refractivity contribution is 0.0775. The third-order valence-electron chi connectivity index (χ3n) is 2.93. The highest BCUT2D eigenvalue weighted by atomic mass is 35.5. The molecule has 0 saturated carbocycles. The first kappa shape index (κ1) is 11.6. The zero-order chi connectivity index (χ0) is 11.5. The van der Waals surface area contributed by atoms with E-state index in [1.165, 1.54) is 0 Å². The van der Waals surface area contributed by atoms with Crippen molar-refractivity contribution in [2.75, 3.05) is 6.61 Å². The molecule has 0 radical (unpaired) electrons. The Bertz CT molecular complexity index is 395. The van der Waals surface area contributed by atoms with Gasteiger partial charge in [-0.05, 0) is 31.4 Å². The van der Waals surface area contributed by atoms with Crippen molar-refractivity contribution in [2.24, 2.45) is 0 Å². The summed E-state index contributed by atoms with van der Waals surface area (Å²) in [7, 11) is 0. The summed E-state index contributed by atoms with van der Waals surface area (Å²) in [6, 6.07) is 5.46. The second-order valence-corrected chi connectivity index (χ2v) is 4.63. The molecule has 86 valence electrons. The highest BCUT2D eigenvalue weighted by Crippen LogP contribution is 2.21. The highest BCUT2D eigenvalue weighted by molar-refractivity contribution is 6.31. The SMILES string of the molecule is Cc1ccc(C(=O)CC2CCCO2)cc1Cl. The molecule has 0 aromatic heterocycles. The summed E-state index contributed by atoms with van der Waals surface area (Å²) in [5, 5.41) is 0.651. The largest absolute Gasteiger partial charge is 0.378 e. The maximum absolute atomic E-state index is 11.9. The lowest BCUT2D eigenvalue weighted by atomic mass is 10.0. The predicted octanol–water partition coefficient (Wildman–Crippen LogP) is 3.40. The molecule has 16 heavy (non-hydrogen) atoms. The predicted molar refractivity (Wildman–Crippen MR) is 64.1 cm³/mol. The number of hydrogen-bond acceptors (Lipinski definition) is 2. The van der Waals surface area contributed by atoms with Crippen LogP contribution in [0.2, 0.25) is 5.02 Å². The summed E-state index contributed by atoms with van der Waals surface area (Å²) in [4.78, 5) is 11.9. The van der Waals surface area contributed by atoms with Gasteiger partial charge in [-0.15, -0.1) is 0 Å². The van der Waals surface area contributed by atoms with E-state index < -0.39 is 0 Å². The number of carbonyl (C=O) groups is 1. The Morgan fingerprint density at radius 2 is 2.38 bits per heavy atom. The van der Waals surface area contributed by atoms with E-state index in [4.69, 9.17) is 16.3 Å². The molecule has 0 spiro atoms. The van der Waals surface area contributed by atoms with Gasteiger partial charge < -0.3 is 4.74 Å². The molecule has 1 atom stereocenters. The smallest absolute Gasteiger partial charge is 0.165 e. The molecule has 1 aliphatic rings. The molecule has 0 bridgehead atoms. The second kappa shape index (κ2) is 4.98. The Balaban J connectivity index is 2.05. The van der Waals surface area contributed by atoms with Crippen LogP contribution in [0, 0.1) is 6.92 Å².